The van der Waals surface area contributed by atoms with Crippen LogP contribution in [0.25, 0.3) is 0 Å². The van der Waals surface area contributed by atoms with E-state index in [0.717, 1.165) is 12.2 Å². The molecule has 0 aromatic heterocycles. The van der Waals surface area contributed by atoms with Gasteiger partial charge in [0.05, 0.1) is 11.0 Å². The predicted octanol–water partition coefficient (Wildman–Crippen LogP) is 1.72. The summed E-state index contributed by atoms with van der Waals surface area (Å²) < 4.78 is 28.7. The van der Waals surface area contributed by atoms with E-state index in [-0.39, 0.29) is 11.0 Å². The van der Waals surface area contributed by atoms with Crippen molar-refractivity contribution in [3.8, 4) is 5.75 Å². The first-order valence-corrected chi connectivity index (χ1v) is 9.76. The number of para-hydroxylation sites is 1. The molecule has 0 unspecified atom stereocenters. The molecule has 1 aliphatic heterocycles. The van der Waals surface area contributed by atoms with Crippen molar-refractivity contribution in [2.45, 2.75) is 23.5 Å². The molecule has 2 N–H and O–H groups in total. The summed E-state index contributed by atoms with van der Waals surface area (Å²) in [4.78, 5) is 0.253. The second-order valence-electron chi connectivity index (χ2n) is 6.07. The van der Waals surface area contributed by atoms with Gasteiger partial charge in [-0.25, -0.2) is 8.42 Å². The van der Waals surface area contributed by atoms with Crippen molar-refractivity contribution in [1.82, 2.24) is 5.32 Å². The smallest absolute Gasteiger partial charge is 0.175 e. The maximum absolute atomic E-state index is 11.4. The molecule has 0 radical (unpaired) electrons. The van der Waals surface area contributed by atoms with Gasteiger partial charge in [0.2, 0.25) is 0 Å². The maximum Gasteiger partial charge on any atom is 0.175 e. The lowest BCUT2D eigenvalue weighted by atomic mass is 10.1. The SMILES string of the molecule is CS(=O)(=O)c1ccc([C@@H](O)CNC[C@H]2Cc3ccccc3O2)cc1. The van der Waals surface area contributed by atoms with Crippen LogP contribution in [0, 0.1) is 0 Å². The fourth-order valence-corrected chi connectivity index (χ4v) is 3.43. The summed E-state index contributed by atoms with van der Waals surface area (Å²) in [5.41, 5.74) is 1.90. The predicted molar refractivity (Wildman–Crippen MR) is 91.9 cm³/mol. The van der Waals surface area contributed by atoms with E-state index in [0.29, 0.717) is 18.7 Å². The molecule has 2 aromatic rings. The van der Waals surface area contributed by atoms with Gasteiger partial charge in [-0.05, 0) is 29.3 Å². The average molecular weight is 347 g/mol. The van der Waals surface area contributed by atoms with E-state index in [1.54, 1.807) is 12.1 Å². The number of hydrogen-bond acceptors (Lipinski definition) is 5. The molecule has 6 heteroatoms. The molecule has 128 valence electrons. The highest BCUT2D eigenvalue weighted by Gasteiger charge is 2.22. The zero-order valence-corrected chi connectivity index (χ0v) is 14.3. The summed E-state index contributed by atoms with van der Waals surface area (Å²) in [5, 5.41) is 13.4. The lowest BCUT2D eigenvalue weighted by Gasteiger charge is -2.15. The van der Waals surface area contributed by atoms with Crippen LogP contribution < -0.4 is 10.1 Å². The van der Waals surface area contributed by atoms with Crippen molar-refractivity contribution in [1.29, 1.82) is 0 Å². The molecule has 0 spiro atoms. The second kappa shape index (κ2) is 6.93. The summed E-state index contributed by atoms with van der Waals surface area (Å²) in [6, 6.07) is 14.3. The van der Waals surface area contributed by atoms with Crippen LogP contribution in [-0.2, 0) is 16.3 Å². The quantitative estimate of drug-likeness (QED) is 0.832. The van der Waals surface area contributed by atoms with Gasteiger partial charge in [-0.1, -0.05) is 30.3 Å². The first kappa shape index (κ1) is 17.0. The number of fused-ring (bicyclic) bond motifs is 1. The molecule has 0 fully saturated rings. The van der Waals surface area contributed by atoms with Crippen LogP contribution in [0.1, 0.15) is 17.2 Å². The van der Waals surface area contributed by atoms with Crippen LogP contribution in [0.5, 0.6) is 5.75 Å². The van der Waals surface area contributed by atoms with Crippen molar-refractivity contribution >= 4 is 9.84 Å². The lowest BCUT2D eigenvalue weighted by Crippen LogP contribution is -2.32. The summed E-state index contributed by atoms with van der Waals surface area (Å²) in [5.74, 6) is 0.932. The Balaban J connectivity index is 1.49. The highest BCUT2D eigenvalue weighted by atomic mass is 32.2. The van der Waals surface area contributed by atoms with E-state index < -0.39 is 15.9 Å². The number of rotatable bonds is 6. The van der Waals surface area contributed by atoms with Gasteiger partial charge in [0.1, 0.15) is 11.9 Å². The Bertz CT molecular complexity index is 777. The van der Waals surface area contributed by atoms with Gasteiger partial charge >= 0.3 is 0 Å². The third kappa shape index (κ3) is 3.95. The molecular weight excluding hydrogens is 326 g/mol. The highest BCUT2D eigenvalue weighted by Crippen LogP contribution is 2.27. The zero-order chi connectivity index (χ0) is 17.2. The molecule has 2 atom stereocenters. The van der Waals surface area contributed by atoms with Gasteiger partial charge in [0.15, 0.2) is 9.84 Å². The molecule has 0 saturated carbocycles. The lowest BCUT2D eigenvalue weighted by molar-refractivity contribution is 0.163. The van der Waals surface area contributed by atoms with E-state index in [4.69, 9.17) is 4.74 Å². The van der Waals surface area contributed by atoms with Crippen LogP contribution in [0.15, 0.2) is 53.4 Å². The van der Waals surface area contributed by atoms with E-state index in [9.17, 15) is 13.5 Å². The van der Waals surface area contributed by atoms with E-state index >= 15 is 0 Å². The van der Waals surface area contributed by atoms with Crippen molar-refractivity contribution in [2.75, 3.05) is 19.3 Å². The minimum atomic E-state index is -3.21. The Labute approximate surface area is 142 Å². The standard InChI is InChI=1S/C18H21NO4S/c1-24(21,22)16-8-6-13(7-9-16)17(20)12-19-11-15-10-14-4-2-3-5-18(14)23-15/h2-9,15,17,19-20H,10-12H2,1H3/t15-,17+/m1/s1. The number of aliphatic hydroxyl groups excluding tert-OH is 1. The molecule has 3 rings (SSSR count). The molecule has 2 aromatic carbocycles. The Morgan fingerprint density at radius 2 is 1.92 bits per heavy atom. The molecule has 5 nitrogen and oxygen atoms in total. The summed E-state index contributed by atoms with van der Waals surface area (Å²) in [6.45, 7) is 1.03. The van der Waals surface area contributed by atoms with Crippen molar-refractivity contribution in [2.24, 2.45) is 0 Å². The minimum Gasteiger partial charge on any atom is -0.488 e. The molecule has 1 heterocycles. The molecule has 0 aliphatic carbocycles. The molecular formula is C18H21NO4S. The minimum absolute atomic E-state index is 0.0715. The van der Waals surface area contributed by atoms with Crippen molar-refractivity contribution in [3.05, 3.63) is 59.7 Å². The third-order valence-electron chi connectivity index (χ3n) is 4.12. The molecule has 24 heavy (non-hydrogen) atoms. The van der Waals surface area contributed by atoms with Crippen molar-refractivity contribution in [3.63, 3.8) is 0 Å². The first-order valence-electron chi connectivity index (χ1n) is 7.87. The second-order valence-corrected chi connectivity index (χ2v) is 8.08. The molecule has 0 saturated heterocycles. The molecule has 0 bridgehead atoms. The van der Waals surface area contributed by atoms with Gasteiger partial charge < -0.3 is 15.2 Å². The van der Waals surface area contributed by atoms with E-state index in [1.807, 2.05) is 18.2 Å². The number of ether oxygens (including phenoxy) is 1. The van der Waals surface area contributed by atoms with E-state index in [1.165, 1.54) is 24.0 Å². The van der Waals surface area contributed by atoms with Gasteiger partial charge in [0, 0.05) is 25.8 Å². The fourth-order valence-electron chi connectivity index (χ4n) is 2.80. The zero-order valence-electron chi connectivity index (χ0n) is 13.5. The van der Waals surface area contributed by atoms with Crippen LogP contribution in [0.2, 0.25) is 0 Å². The summed E-state index contributed by atoms with van der Waals surface area (Å²) in [7, 11) is -3.21. The largest absolute Gasteiger partial charge is 0.488 e. The number of hydrogen-bond donors (Lipinski definition) is 2. The van der Waals surface area contributed by atoms with Crippen LogP contribution in [-0.4, -0.2) is 39.0 Å². The highest BCUT2D eigenvalue weighted by molar-refractivity contribution is 7.90. The summed E-state index contributed by atoms with van der Waals surface area (Å²) >= 11 is 0. The van der Waals surface area contributed by atoms with Gasteiger partial charge in [-0.2, -0.15) is 0 Å². The topological polar surface area (TPSA) is 75.6 Å². The van der Waals surface area contributed by atoms with Gasteiger partial charge in [0.25, 0.3) is 0 Å². The van der Waals surface area contributed by atoms with Gasteiger partial charge in [-0.3, -0.25) is 0 Å². The number of aliphatic hydroxyl groups is 1. The monoisotopic (exact) mass is 347 g/mol. The Hall–Kier alpha value is -1.89. The summed E-state index contributed by atoms with van der Waals surface area (Å²) in [6.07, 6.45) is 1.41. The Morgan fingerprint density at radius 1 is 1.21 bits per heavy atom. The normalized spacial score (nSPS) is 18.0. The third-order valence-corrected chi connectivity index (χ3v) is 5.25. The number of nitrogens with one attached hydrogen (secondary N) is 1. The maximum atomic E-state index is 11.4. The Morgan fingerprint density at radius 3 is 2.58 bits per heavy atom. The number of benzene rings is 2. The fraction of sp³-hybridized carbons (Fsp3) is 0.333. The number of sulfone groups is 1. The average Bonchev–Trinajstić information content (AvgIpc) is 2.96. The molecule has 1 aliphatic rings. The Kier molecular flexibility index (Phi) is 4.89. The van der Waals surface area contributed by atoms with Gasteiger partial charge in [-0.15, -0.1) is 0 Å². The van der Waals surface area contributed by atoms with Crippen LogP contribution in [0.3, 0.4) is 0 Å². The van der Waals surface area contributed by atoms with E-state index in [2.05, 4.69) is 11.4 Å². The molecule has 0 amide bonds. The first-order chi connectivity index (χ1) is 11.4. The van der Waals surface area contributed by atoms with Crippen molar-refractivity contribution < 1.29 is 18.3 Å². The van der Waals surface area contributed by atoms with Crippen LogP contribution in [0.4, 0.5) is 0 Å². The van der Waals surface area contributed by atoms with Crippen LogP contribution >= 0.6 is 0 Å².